The van der Waals surface area contributed by atoms with E-state index < -0.39 is 0 Å². The fraction of sp³-hybridized carbons (Fsp3) is 0.600. The molecule has 0 bridgehead atoms. The van der Waals surface area contributed by atoms with Gasteiger partial charge in [0.25, 0.3) is 0 Å². The summed E-state index contributed by atoms with van der Waals surface area (Å²) in [5.41, 5.74) is 0. The van der Waals surface area contributed by atoms with Crippen molar-refractivity contribution < 1.29 is 4.79 Å². The molecule has 1 amide bonds. The van der Waals surface area contributed by atoms with E-state index in [2.05, 4.69) is 15.2 Å². The number of carbonyl (C=O) groups excluding carboxylic acids is 1. The lowest BCUT2D eigenvalue weighted by Crippen LogP contribution is -2.51. The van der Waals surface area contributed by atoms with Gasteiger partial charge in [-0.25, -0.2) is 4.98 Å². The topological polar surface area (TPSA) is 48.5 Å². The lowest BCUT2D eigenvalue weighted by atomic mass is 10.2. The Morgan fingerprint density at radius 3 is 2.62 bits per heavy atom. The van der Waals surface area contributed by atoms with Crippen LogP contribution in [0.3, 0.4) is 0 Å². The molecule has 5 nitrogen and oxygen atoms in total. The van der Waals surface area contributed by atoms with Crippen molar-refractivity contribution in [1.82, 2.24) is 15.2 Å². The second-order valence-electron chi connectivity index (χ2n) is 5.63. The number of pyridine rings is 1. The number of nitrogens with zero attached hydrogens (tertiary/aromatic N) is 3. The minimum absolute atomic E-state index is 0. The van der Waals surface area contributed by atoms with Gasteiger partial charge in [-0.15, -0.1) is 24.8 Å². The summed E-state index contributed by atoms with van der Waals surface area (Å²) in [4.78, 5) is 20.9. The quantitative estimate of drug-likeness (QED) is 0.824. The molecule has 0 spiro atoms. The highest BCUT2D eigenvalue weighted by atomic mass is 35.5. The molecule has 9 heteroatoms. The van der Waals surface area contributed by atoms with Crippen molar-refractivity contribution in [2.75, 3.05) is 49.1 Å². The monoisotopic (exact) mass is 412 g/mol. The summed E-state index contributed by atoms with van der Waals surface area (Å²) >= 11 is 7.80. The van der Waals surface area contributed by atoms with Crippen LogP contribution in [0.1, 0.15) is 6.42 Å². The van der Waals surface area contributed by atoms with Crippen LogP contribution in [-0.2, 0) is 4.79 Å². The third-order valence-corrected chi connectivity index (χ3v) is 5.44. The molecule has 2 fully saturated rings. The Hall–Kier alpha value is -0.400. The van der Waals surface area contributed by atoms with Gasteiger partial charge in [0.15, 0.2) is 0 Å². The number of halogens is 3. The maximum Gasteiger partial charge on any atom is 0.224 e. The number of anilines is 1. The van der Waals surface area contributed by atoms with Crippen molar-refractivity contribution in [3.8, 4) is 0 Å². The van der Waals surface area contributed by atoms with Crippen molar-refractivity contribution in [3.05, 3.63) is 23.4 Å². The van der Waals surface area contributed by atoms with Crippen molar-refractivity contribution in [3.63, 3.8) is 0 Å². The Kier molecular flexibility index (Phi) is 9.52. The molecule has 1 unspecified atom stereocenters. The minimum Gasteiger partial charge on any atom is -0.353 e. The highest BCUT2D eigenvalue weighted by Gasteiger charge is 2.24. The molecule has 1 atom stereocenters. The van der Waals surface area contributed by atoms with Gasteiger partial charge in [0.1, 0.15) is 5.82 Å². The van der Waals surface area contributed by atoms with Crippen LogP contribution in [0.25, 0.3) is 0 Å². The first-order valence-electron chi connectivity index (χ1n) is 7.68. The Morgan fingerprint density at radius 2 is 2.04 bits per heavy atom. The van der Waals surface area contributed by atoms with E-state index in [1.54, 1.807) is 6.20 Å². The van der Waals surface area contributed by atoms with Gasteiger partial charge in [0.2, 0.25) is 5.91 Å². The molecule has 2 aliphatic rings. The normalized spacial score (nSPS) is 20.8. The minimum atomic E-state index is 0. The Morgan fingerprint density at radius 1 is 1.29 bits per heavy atom. The van der Waals surface area contributed by atoms with Gasteiger partial charge >= 0.3 is 0 Å². The molecule has 3 heterocycles. The van der Waals surface area contributed by atoms with Crippen LogP contribution < -0.4 is 10.2 Å². The third kappa shape index (κ3) is 5.85. The summed E-state index contributed by atoms with van der Waals surface area (Å²) in [6, 6.07) is 4.12. The van der Waals surface area contributed by atoms with E-state index in [4.69, 9.17) is 11.6 Å². The Bertz CT molecular complexity index is 506. The summed E-state index contributed by atoms with van der Waals surface area (Å²) in [6.45, 7) is 4.20. The number of rotatable bonds is 3. The average molecular weight is 414 g/mol. The molecule has 1 aromatic heterocycles. The first-order valence-corrected chi connectivity index (χ1v) is 9.21. The van der Waals surface area contributed by atoms with Crippen LogP contribution in [0.2, 0.25) is 5.02 Å². The van der Waals surface area contributed by atoms with E-state index in [1.165, 1.54) is 0 Å². The van der Waals surface area contributed by atoms with Gasteiger partial charge in [-0.2, -0.15) is 11.8 Å². The van der Waals surface area contributed by atoms with Crippen LogP contribution >= 0.6 is 48.2 Å². The zero-order valence-corrected chi connectivity index (χ0v) is 16.5. The largest absolute Gasteiger partial charge is 0.353 e. The lowest BCUT2D eigenvalue weighted by molar-refractivity contribution is -0.131. The van der Waals surface area contributed by atoms with Gasteiger partial charge in [-0.05, 0) is 12.1 Å². The van der Waals surface area contributed by atoms with Gasteiger partial charge in [-0.3, -0.25) is 4.79 Å². The maximum atomic E-state index is 12.4. The van der Waals surface area contributed by atoms with E-state index >= 15 is 0 Å². The summed E-state index contributed by atoms with van der Waals surface area (Å²) < 4.78 is 0. The van der Waals surface area contributed by atoms with E-state index in [-0.39, 0.29) is 30.7 Å². The number of aromatic nitrogens is 1. The summed E-state index contributed by atoms with van der Waals surface area (Å²) in [5, 5.41) is 4.08. The van der Waals surface area contributed by atoms with Gasteiger partial charge in [-0.1, -0.05) is 11.6 Å². The number of hydrogen-bond acceptors (Lipinski definition) is 5. The Labute approximate surface area is 164 Å². The molecule has 2 saturated heterocycles. The molecule has 136 valence electrons. The first-order chi connectivity index (χ1) is 10.7. The van der Waals surface area contributed by atoms with Crippen molar-refractivity contribution in [2.24, 2.45) is 0 Å². The summed E-state index contributed by atoms with van der Waals surface area (Å²) in [6.07, 6.45) is 2.28. The summed E-state index contributed by atoms with van der Waals surface area (Å²) in [7, 11) is 0. The Balaban J connectivity index is 0.00000144. The number of nitrogens with one attached hydrogen (secondary N) is 1. The SMILES string of the molecule is Cl.Cl.O=C(CC1CSCCN1)N1CCN(c2ccc(Cl)cn2)CC1. The van der Waals surface area contributed by atoms with Crippen molar-refractivity contribution in [2.45, 2.75) is 12.5 Å². The molecular formula is C15H23Cl3N4OS. The van der Waals surface area contributed by atoms with E-state index in [0.29, 0.717) is 17.5 Å². The second kappa shape index (κ2) is 10.6. The fourth-order valence-electron chi connectivity index (χ4n) is 2.83. The van der Waals surface area contributed by atoms with Gasteiger partial charge < -0.3 is 15.1 Å². The molecule has 0 aliphatic carbocycles. The number of piperazine rings is 1. The van der Waals surface area contributed by atoms with Gasteiger partial charge in [0, 0.05) is 62.9 Å². The number of amides is 1. The molecular weight excluding hydrogens is 391 g/mol. The van der Waals surface area contributed by atoms with Crippen LogP contribution in [0.4, 0.5) is 5.82 Å². The van der Waals surface area contributed by atoms with Crippen molar-refractivity contribution >= 4 is 59.9 Å². The van der Waals surface area contributed by atoms with Crippen LogP contribution in [-0.4, -0.2) is 66.1 Å². The van der Waals surface area contributed by atoms with Crippen LogP contribution in [0, 0.1) is 0 Å². The van der Waals surface area contributed by atoms with Crippen LogP contribution in [0.15, 0.2) is 18.3 Å². The molecule has 2 aliphatic heterocycles. The number of thioether (sulfide) groups is 1. The maximum absolute atomic E-state index is 12.4. The lowest BCUT2D eigenvalue weighted by Gasteiger charge is -2.36. The van der Waals surface area contributed by atoms with Crippen LogP contribution in [0.5, 0.6) is 0 Å². The first kappa shape index (κ1) is 21.6. The molecule has 0 saturated carbocycles. The average Bonchev–Trinajstić information content (AvgIpc) is 2.57. The van der Waals surface area contributed by atoms with E-state index in [1.807, 2.05) is 28.8 Å². The third-order valence-electron chi connectivity index (χ3n) is 4.09. The highest BCUT2D eigenvalue weighted by Crippen LogP contribution is 2.17. The van der Waals surface area contributed by atoms with E-state index in [0.717, 1.165) is 50.0 Å². The fourth-order valence-corrected chi connectivity index (χ4v) is 3.89. The predicted molar refractivity (Wildman–Crippen MR) is 106 cm³/mol. The molecule has 1 N–H and O–H groups in total. The number of hydrogen-bond donors (Lipinski definition) is 1. The molecule has 24 heavy (non-hydrogen) atoms. The van der Waals surface area contributed by atoms with E-state index in [9.17, 15) is 4.79 Å². The smallest absolute Gasteiger partial charge is 0.224 e. The standard InChI is InChI=1S/C15H21ClN4OS.2ClH/c16-12-1-2-14(18-10-12)19-4-6-20(7-5-19)15(21)9-13-11-22-8-3-17-13;;/h1-2,10,13,17H,3-9,11H2;2*1H. The summed E-state index contributed by atoms with van der Waals surface area (Å²) in [5.74, 6) is 3.39. The zero-order valence-electron chi connectivity index (χ0n) is 13.3. The zero-order chi connectivity index (χ0) is 15.4. The predicted octanol–water partition coefficient (Wildman–Crippen LogP) is 2.32. The molecule has 3 rings (SSSR count). The molecule has 1 aromatic rings. The molecule has 0 aromatic carbocycles. The van der Waals surface area contributed by atoms with Crippen molar-refractivity contribution in [1.29, 1.82) is 0 Å². The second-order valence-corrected chi connectivity index (χ2v) is 7.22. The highest BCUT2D eigenvalue weighted by molar-refractivity contribution is 7.99. The van der Waals surface area contributed by atoms with Gasteiger partial charge in [0.05, 0.1) is 5.02 Å². The molecule has 0 radical (unpaired) electrons. The number of carbonyl (C=O) groups is 1.